The minimum absolute atomic E-state index is 0.0255. The molecule has 0 fully saturated rings. The Kier molecular flexibility index (Phi) is 3.84. The number of allylic oxidation sites excluding steroid dienone is 1. The summed E-state index contributed by atoms with van der Waals surface area (Å²) in [6.07, 6.45) is 1.96. The lowest BCUT2D eigenvalue weighted by Crippen LogP contribution is -2.17. The van der Waals surface area contributed by atoms with Crippen LogP contribution in [0.3, 0.4) is 0 Å². The fourth-order valence-corrected chi connectivity index (χ4v) is 0.954. The Bertz CT molecular complexity index is 212. The first-order valence-corrected chi connectivity index (χ1v) is 7.12. The van der Waals surface area contributed by atoms with Gasteiger partial charge in [0.25, 0.3) is 0 Å². The van der Waals surface area contributed by atoms with Gasteiger partial charge >= 0.3 is 0 Å². The number of ketones is 1. The van der Waals surface area contributed by atoms with Crippen molar-refractivity contribution < 1.29 is 4.79 Å². The number of hydrogen-bond acceptors (Lipinski definition) is 1. The number of hydrogen-bond donors (Lipinski definition) is 0. The van der Waals surface area contributed by atoms with Crippen molar-refractivity contribution in [1.29, 1.82) is 0 Å². The smallest absolute Gasteiger partial charge is 0.208 e. The first kappa shape index (κ1) is 10.2. The molecule has 0 unspecified atom stereocenters. The van der Waals surface area contributed by atoms with E-state index in [0.29, 0.717) is 6.42 Å². The highest BCUT2D eigenvalue weighted by Crippen LogP contribution is 1.96. The van der Waals surface area contributed by atoms with Crippen LogP contribution in [0.15, 0.2) is 12.7 Å². The average molecular weight is 166 g/mol. The molecule has 0 saturated heterocycles. The monoisotopic (exact) mass is 166 g/mol. The van der Waals surface area contributed by atoms with E-state index in [2.05, 4.69) is 37.7 Å². The summed E-state index contributed by atoms with van der Waals surface area (Å²) in [4.78, 5) is 10.9. The molecule has 0 amide bonds. The average Bonchev–Trinajstić information content (AvgIpc) is 1.83. The van der Waals surface area contributed by atoms with Crippen molar-refractivity contribution in [2.45, 2.75) is 26.1 Å². The van der Waals surface area contributed by atoms with Crippen LogP contribution in [0.1, 0.15) is 6.42 Å². The van der Waals surface area contributed by atoms with Gasteiger partial charge in [-0.15, -0.1) is 12.1 Å². The molecule has 0 aromatic heterocycles. The maximum Gasteiger partial charge on any atom is 0.208 e. The summed E-state index contributed by atoms with van der Waals surface area (Å²) in [7, 11) is -1.37. The summed E-state index contributed by atoms with van der Waals surface area (Å²) in [5.41, 5.74) is 3.00. The summed E-state index contributed by atoms with van der Waals surface area (Å²) >= 11 is 0. The van der Waals surface area contributed by atoms with E-state index in [1.165, 1.54) is 0 Å². The second kappa shape index (κ2) is 4.15. The maximum atomic E-state index is 10.9. The molecule has 1 nitrogen and oxygen atoms in total. The van der Waals surface area contributed by atoms with E-state index < -0.39 is 8.07 Å². The van der Waals surface area contributed by atoms with Crippen LogP contribution in [0.4, 0.5) is 0 Å². The van der Waals surface area contributed by atoms with Crippen LogP contribution in [-0.2, 0) is 4.79 Å². The molecule has 0 N–H and O–H groups in total. The van der Waals surface area contributed by atoms with Crippen LogP contribution in [-0.4, -0.2) is 13.9 Å². The highest BCUT2D eigenvalue weighted by Gasteiger charge is 2.07. The largest absolute Gasteiger partial charge is 0.285 e. The van der Waals surface area contributed by atoms with Gasteiger partial charge < -0.3 is 0 Å². The van der Waals surface area contributed by atoms with Gasteiger partial charge in [-0.3, -0.25) is 4.79 Å². The fourth-order valence-electron chi connectivity index (χ4n) is 0.439. The molecule has 2 heteroatoms. The van der Waals surface area contributed by atoms with Gasteiger partial charge in [0.05, 0.1) is 0 Å². The molecule has 0 aliphatic heterocycles. The minimum atomic E-state index is -1.37. The first-order valence-electron chi connectivity index (χ1n) is 3.62. The number of rotatable bonds is 2. The zero-order chi connectivity index (χ0) is 8.91. The van der Waals surface area contributed by atoms with Gasteiger partial charge in [-0.05, 0) is 5.92 Å². The van der Waals surface area contributed by atoms with Gasteiger partial charge in [0, 0.05) is 6.42 Å². The maximum absolute atomic E-state index is 10.9. The Morgan fingerprint density at radius 1 is 1.55 bits per heavy atom. The Balaban J connectivity index is 4.08. The van der Waals surface area contributed by atoms with Crippen LogP contribution in [0.25, 0.3) is 0 Å². The van der Waals surface area contributed by atoms with Crippen molar-refractivity contribution in [2.24, 2.45) is 0 Å². The van der Waals surface area contributed by atoms with Crippen LogP contribution < -0.4 is 0 Å². The summed E-state index contributed by atoms with van der Waals surface area (Å²) in [5, 5.41) is 0. The Morgan fingerprint density at radius 2 is 2.09 bits per heavy atom. The lowest BCUT2D eigenvalue weighted by molar-refractivity contribution is -0.113. The standard InChI is InChI=1S/C9H14OSi/c1-5-6-9(10)7-8-11(2,3)4/h5H,1,6H2,2-4H3. The van der Waals surface area contributed by atoms with Gasteiger partial charge in [0.2, 0.25) is 5.78 Å². The molecule has 0 aliphatic carbocycles. The zero-order valence-electron chi connectivity index (χ0n) is 7.40. The van der Waals surface area contributed by atoms with E-state index in [9.17, 15) is 4.79 Å². The second-order valence-electron chi connectivity index (χ2n) is 3.42. The van der Waals surface area contributed by atoms with E-state index in [1.54, 1.807) is 6.08 Å². The van der Waals surface area contributed by atoms with Crippen LogP contribution in [0.2, 0.25) is 19.6 Å². The molecule has 0 aliphatic rings. The van der Waals surface area contributed by atoms with Gasteiger partial charge in [-0.1, -0.05) is 25.7 Å². The van der Waals surface area contributed by atoms with E-state index in [1.807, 2.05) is 0 Å². The predicted molar refractivity (Wildman–Crippen MR) is 50.9 cm³/mol. The molecular formula is C9H14OSi. The quantitative estimate of drug-likeness (QED) is 0.348. The molecule has 0 rings (SSSR count). The number of Topliss-reactive ketones (excluding diaryl/α,β-unsaturated/α-hetero) is 1. The van der Waals surface area contributed by atoms with E-state index in [0.717, 1.165) is 0 Å². The Labute approximate surface area is 69.5 Å². The normalized spacial score (nSPS) is 9.73. The van der Waals surface area contributed by atoms with Gasteiger partial charge in [0.1, 0.15) is 8.07 Å². The molecule has 0 aromatic rings. The summed E-state index contributed by atoms with van der Waals surface area (Å²) in [6.45, 7) is 9.80. The van der Waals surface area contributed by atoms with Gasteiger partial charge in [-0.25, -0.2) is 0 Å². The van der Waals surface area contributed by atoms with E-state index in [-0.39, 0.29) is 5.78 Å². The summed E-state index contributed by atoms with van der Waals surface area (Å²) < 4.78 is 0. The molecule has 0 bridgehead atoms. The first-order chi connectivity index (χ1) is 4.95. The SMILES string of the molecule is C=CCC(=O)C#C[Si](C)(C)C. The topological polar surface area (TPSA) is 17.1 Å². The number of carbonyl (C=O) groups is 1. The van der Waals surface area contributed by atoms with Crippen molar-refractivity contribution >= 4 is 13.9 Å². The number of carbonyl (C=O) groups excluding carboxylic acids is 1. The van der Waals surface area contributed by atoms with Crippen LogP contribution in [0.5, 0.6) is 0 Å². The Hall–Kier alpha value is -0.813. The van der Waals surface area contributed by atoms with Crippen LogP contribution in [0, 0.1) is 11.5 Å². The minimum Gasteiger partial charge on any atom is -0.285 e. The molecule has 60 valence electrons. The molecule has 11 heavy (non-hydrogen) atoms. The third-order valence-electron chi connectivity index (χ3n) is 0.907. The molecule has 0 heterocycles. The van der Waals surface area contributed by atoms with Crippen molar-refractivity contribution in [3.05, 3.63) is 12.7 Å². The lowest BCUT2D eigenvalue weighted by Gasteiger charge is -2.02. The third kappa shape index (κ3) is 7.08. The highest BCUT2D eigenvalue weighted by molar-refractivity contribution is 6.84. The van der Waals surface area contributed by atoms with E-state index >= 15 is 0 Å². The zero-order valence-corrected chi connectivity index (χ0v) is 8.40. The third-order valence-corrected chi connectivity index (χ3v) is 1.78. The van der Waals surface area contributed by atoms with Crippen molar-refractivity contribution in [3.63, 3.8) is 0 Å². The van der Waals surface area contributed by atoms with E-state index in [4.69, 9.17) is 0 Å². The molecule has 0 radical (unpaired) electrons. The van der Waals surface area contributed by atoms with Crippen molar-refractivity contribution in [3.8, 4) is 11.5 Å². The predicted octanol–water partition coefficient (Wildman–Crippen LogP) is 2.01. The van der Waals surface area contributed by atoms with Crippen molar-refractivity contribution in [2.75, 3.05) is 0 Å². The molecule has 0 saturated carbocycles. The van der Waals surface area contributed by atoms with Gasteiger partial charge in [0.15, 0.2) is 0 Å². The van der Waals surface area contributed by atoms with Crippen LogP contribution >= 0.6 is 0 Å². The molecular weight excluding hydrogens is 152 g/mol. The molecule has 0 aromatic carbocycles. The fraction of sp³-hybridized carbons (Fsp3) is 0.444. The summed E-state index contributed by atoms with van der Waals surface area (Å²) in [5.74, 6) is 2.60. The molecule has 0 atom stereocenters. The highest BCUT2D eigenvalue weighted by atomic mass is 28.3. The van der Waals surface area contributed by atoms with Gasteiger partial charge in [-0.2, -0.15) is 0 Å². The summed E-state index contributed by atoms with van der Waals surface area (Å²) in [6, 6.07) is 0. The van der Waals surface area contributed by atoms with Crippen molar-refractivity contribution in [1.82, 2.24) is 0 Å². The lowest BCUT2D eigenvalue weighted by atomic mass is 10.3. The Morgan fingerprint density at radius 3 is 2.45 bits per heavy atom. The molecule has 0 spiro atoms. The second-order valence-corrected chi connectivity index (χ2v) is 8.17.